The van der Waals surface area contributed by atoms with Gasteiger partial charge in [0.2, 0.25) is 0 Å². The molecule has 0 aromatic heterocycles. The molecule has 0 fully saturated rings. The molecule has 2 aromatic carbocycles. The van der Waals surface area contributed by atoms with Gasteiger partial charge in [-0.25, -0.2) is 12.8 Å². The maximum atomic E-state index is 13.8. The molecule has 106 valence electrons. The highest BCUT2D eigenvalue weighted by atomic mass is 32.2. The average Bonchev–Trinajstić information content (AvgIpc) is 2.36. The topological polar surface area (TPSA) is 69.4 Å². The van der Waals surface area contributed by atoms with Gasteiger partial charge in [-0.2, -0.15) is 0 Å². The number of halogens is 1. The summed E-state index contributed by atoms with van der Waals surface area (Å²) in [6.45, 7) is 1.62. The first-order chi connectivity index (χ1) is 9.29. The van der Waals surface area contributed by atoms with Gasteiger partial charge in [0.05, 0.1) is 10.6 Å². The molecular formula is C14H14FNO3S. The summed E-state index contributed by atoms with van der Waals surface area (Å²) < 4.78 is 42.0. The van der Waals surface area contributed by atoms with Crippen LogP contribution in [-0.4, -0.2) is 14.7 Å². The summed E-state index contributed by atoms with van der Waals surface area (Å²) in [6, 6.07) is 8.83. The number of benzene rings is 2. The molecule has 20 heavy (non-hydrogen) atoms. The number of nitrogen functional groups attached to an aromatic ring is 1. The summed E-state index contributed by atoms with van der Waals surface area (Å²) in [6.07, 6.45) is 1.09. The maximum Gasteiger partial charge on any atom is 0.175 e. The minimum atomic E-state index is -3.34. The van der Waals surface area contributed by atoms with Crippen LogP contribution in [-0.2, 0) is 9.84 Å². The summed E-state index contributed by atoms with van der Waals surface area (Å²) in [7, 11) is -3.34. The molecule has 4 nitrogen and oxygen atoms in total. The van der Waals surface area contributed by atoms with E-state index in [4.69, 9.17) is 10.5 Å². The van der Waals surface area contributed by atoms with Gasteiger partial charge in [0.15, 0.2) is 27.2 Å². The molecule has 0 aliphatic heterocycles. The largest absolute Gasteiger partial charge is 0.452 e. The van der Waals surface area contributed by atoms with E-state index < -0.39 is 15.7 Å². The van der Waals surface area contributed by atoms with Crippen molar-refractivity contribution >= 4 is 15.5 Å². The zero-order chi connectivity index (χ0) is 14.9. The summed E-state index contributed by atoms with van der Waals surface area (Å²) in [5, 5.41) is 0. The van der Waals surface area contributed by atoms with E-state index in [1.165, 1.54) is 24.3 Å². The Bertz CT molecular complexity index is 757. The predicted molar refractivity (Wildman–Crippen MR) is 75.2 cm³/mol. The van der Waals surface area contributed by atoms with Gasteiger partial charge in [-0.15, -0.1) is 0 Å². The fraction of sp³-hybridized carbons (Fsp3) is 0.143. The zero-order valence-electron chi connectivity index (χ0n) is 11.1. The number of aryl methyl sites for hydroxylation is 1. The van der Waals surface area contributed by atoms with Crippen LogP contribution >= 0.6 is 0 Å². The molecule has 0 atom stereocenters. The summed E-state index contributed by atoms with van der Waals surface area (Å²) in [5.41, 5.74) is 6.33. The Kier molecular flexibility index (Phi) is 3.67. The minimum absolute atomic E-state index is 0.0452. The van der Waals surface area contributed by atoms with E-state index in [-0.39, 0.29) is 22.1 Å². The highest BCUT2D eigenvalue weighted by molar-refractivity contribution is 7.90. The third-order valence-corrected chi connectivity index (χ3v) is 3.90. The molecule has 2 N–H and O–H groups in total. The van der Waals surface area contributed by atoms with Crippen molar-refractivity contribution in [3.8, 4) is 11.5 Å². The quantitative estimate of drug-likeness (QED) is 0.884. The summed E-state index contributed by atoms with van der Waals surface area (Å²) >= 11 is 0. The third-order valence-electron chi connectivity index (χ3n) is 2.79. The van der Waals surface area contributed by atoms with E-state index in [1.807, 2.05) is 0 Å². The zero-order valence-corrected chi connectivity index (χ0v) is 11.9. The fourth-order valence-corrected chi connectivity index (χ4v) is 2.32. The minimum Gasteiger partial charge on any atom is -0.452 e. The third kappa shape index (κ3) is 2.91. The second-order valence-corrected chi connectivity index (χ2v) is 6.48. The van der Waals surface area contributed by atoms with Crippen LogP contribution in [0.25, 0.3) is 0 Å². The van der Waals surface area contributed by atoms with Gasteiger partial charge >= 0.3 is 0 Å². The molecule has 0 saturated heterocycles. The van der Waals surface area contributed by atoms with Crippen molar-refractivity contribution in [2.75, 3.05) is 12.0 Å². The number of sulfone groups is 1. The van der Waals surface area contributed by atoms with E-state index in [0.717, 1.165) is 6.26 Å². The Morgan fingerprint density at radius 2 is 1.85 bits per heavy atom. The smallest absolute Gasteiger partial charge is 0.175 e. The van der Waals surface area contributed by atoms with Gasteiger partial charge in [0, 0.05) is 6.26 Å². The number of rotatable bonds is 3. The molecule has 0 aliphatic carbocycles. The Hall–Kier alpha value is -2.08. The second-order valence-electron chi connectivity index (χ2n) is 4.46. The fourth-order valence-electron chi connectivity index (χ4n) is 1.67. The van der Waals surface area contributed by atoms with Gasteiger partial charge < -0.3 is 10.5 Å². The van der Waals surface area contributed by atoms with Crippen LogP contribution in [0.1, 0.15) is 5.56 Å². The molecule has 0 bridgehead atoms. The van der Waals surface area contributed by atoms with E-state index >= 15 is 0 Å². The lowest BCUT2D eigenvalue weighted by Crippen LogP contribution is -2.00. The van der Waals surface area contributed by atoms with Crippen LogP contribution in [0.15, 0.2) is 41.3 Å². The van der Waals surface area contributed by atoms with Crippen molar-refractivity contribution in [3.63, 3.8) is 0 Å². The lowest BCUT2D eigenvalue weighted by Gasteiger charge is -2.11. The monoisotopic (exact) mass is 295 g/mol. The van der Waals surface area contributed by atoms with E-state index in [9.17, 15) is 12.8 Å². The molecule has 0 radical (unpaired) electrons. The van der Waals surface area contributed by atoms with Gasteiger partial charge in [0.25, 0.3) is 0 Å². The first-order valence-corrected chi connectivity index (χ1v) is 7.71. The van der Waals surface area contributed by atoms with Crippen molar-refractivity contribution < 1.29 is 17.5 Å². The Morgan fingerprint density at radius 3 is 2.45 bits per heavy atom. The van der Waals surface area contributed by atoms with E-state index in [0.29, 0.717) is 5.56 Å². The van der Waals surface area contributed by atoms with E-state index in [1.54, 1.807) is 19.1 Å². The molecule has 0 saturated carbocycles. The number of anilines is 1. The van der Waals surface area contributed by atoms with Crippen LogP contribution in [0.4, 0.5) is 10.1 Å². The van der Waals surface area contributed by atoms with Crippen LogP contribution in [0.2, 0.25) is 0 Å². The Morgan fingerprint density at radius 1 is 1.15 bits per heavy atom. The molecule has 2 rings (SSSR count). The Labute approximate surface area is 116 Å². The lowest BCUT2D eigenvalue weighted by molar-refractivity contribution is 0.441. The lowest BCUT2D eigenvalue weighted by atomic mass is 10.2. The van der Waals surface area contributed by atoms with Gasteiger partial charge in [-0.1, -0.05) is 12.1 Å². The van der Waals surface area contributed by atoms with Crippen molar-refractivity contribution in [1.29, 1.82) is 0 Å². The molecule has 2 aromatic rings. The average molecular weight is 295 g/mol. The van der Waals surface area contributed by atoms with Crippen LogP contribution in [0, 0.1) is 12.7 Å². The van der Waals surface area contributed by atoms with Gasteiger partial charge in [-0.05, 0) is 36.8 Å². The number of hydrogen-bond donors (Lipinski definition) is 1. The predicted octanol–water partition coefficient (Wildman–Crippen LogP) is 2.91. The molecular weight excluding hydrogens is 281 g/mol. The van der Waals surface area contributed by atoms with Crippen LogP contribution < -0.4 is 10.5 Å². The number of hydrogen-bond acceptors (Lipinski definition) is 4. The molecule has 0 aliphatic rings. The normalized spacial score (nSPS) is 11.3. The summed E-state index contributed by atoms with van der Waals surface area (Å²) in [4.78, 5) is 0.0899. The second kappa shape index (κ2) is 5.13. The molecule has 0 spiro atoms. The highest BCUT2D eigenvalue weighted by Gasteiger charge is 2.12. The van der Waals surface area contributed by atoms with Crippen molar-refractivity contribution in [2.45, 2.75) is 11.8 Å². The van der Waals surface area contributed by atoms with Crippen LogP contribution in [0.3, 0.4) is 0 Å². The molecule has 0 heterocycles. The molecule has 0 unspecified atom stereocenters. The Balaban J connectivity index is 2.38. The van der Waals surface area contributed by atoms with Crippen molar-refractivity contribution in [3.05, 3.63) is 47.8 Å². The van der Waals surface area contributed by atoms with Gasteiger partial charge in [0.1, 0.15) is 0 Å². The maximum absolute atomic E-state index is 13.8. The first kappa shape index (κ1) is 14.3. The van der Waals surface area contributed by atoms with Crippen molar-refractivity contribution in [2.24, 2.45) is 0 Å². The van der Waals surface area contributed by atoms with E-state index in [2.05, 4.69) is 0 Å². The SMILES string of the molecule is Cc1cccc(Oc2ccc(S(C)(=O)=O)cc2N)c1F. The van der Waals surface area contributed by atoms with Gasteiger partial charge in [-0.3, -0.25) is 0 Å². The highest BCUT2D eigenvalue weighted by Crippen LogP contribution is 2.31. The first-order valence-electron chi connectivity index (χ1n) is 5.81. The summed E-state index contributed by atoms with van der Waals surface area (Å²) in [5.74, 6) is -0.218. The molecule has 0 amide bonds. The standard InChI is InChI=1S/C14H14FNO3S/c1-9-4-3-5-13(14(9)15)19-12-7-6-10(8-11(12)16)20(2,17)18/h3-8H,16H2,1-2H3. The molecule has 6 heteroatoms. The van der Waals surface area contributed by atoms with Crippen molar-refractivity contribution in [1.82, 2.24) is 0 Å². The number of nitrogens with two attached hydrogens (primary N) is 1. The van der Waals surface area contributed by atoms with Crippen LogP contribution in [0.5, 0.6) is 11.5 Å². The number of ether oxygens (including phenoxy) is 1.